The first-order valence-corrected chi connectivity index (χ1v) is 7.49. The molecule has 0 radical (unpaired) electrons. The minimum Gasteiger partial charge on any atom is -0.345 e. The highest BCUT2D eigenvalue weighted by Gasteiger charge is 2.18. The lowest BCUT2D eigenvalue weighted by molar-refractivity contribution is -0.133. The van der Waals surface area contributed by atoms with Gasteiger partial charge in [-0.25, -0.2) is 0 Å². The van der Waals surface area contributed by atoms with E-state index in [1.165, 1.54) is 11.1 Å². The molecule has 2 N–H and O–H groups in total. The van der Waals surface area contributed by atoms with Gasteiger partial charge in [0.2, 0.25) is 5.91 Å². The van der Waals surface area contributed by atoms with E-state index in [1.807, 2.05) is 20.0 Å². The average Bonchev–Trinajstić information content (AvgIpc) is 2.40. The Balaban J connectivity index is 2.61. The van der Waals surface area contributed by atoms with Gasteiger partial charge in [-0.15, -0.1) is 0 Å². The number of nitrogens with zero attached hydrogens (tertiary/aromatic N) is 1. The summed E-state index contributed by atoms with van der Waals surface area (Å²) in [5, 5.41) is 0. The molecule has 1 rings (SSSR count). The summed E-state index contributed by atoms with van der Waals surface area (Å²) in [4.78, 5) is 13.9. The maximum absolute atomic E-state index is 12.1. The van der Waals surface area contributed by atoms with E-state index in [9.17, 15) is 4.79 Å². The molecular formula is C15H23BrN2O. The average molecular weight is 327 g/mol. The molecule has 0 aliphatic rings. The molecule has 3 nitrogen and oxygen atoms in total. The van der Waals surface area contributed by atoms with Gasteiger partial charge in [0.1, 0.15) is 0 Å². The zero-order chi connectivity index (χ0) is 14.4. The SMILES string of the molecule is CCC(CN)C(=O)N(C)CCc1cc(Br)ccc1C. The lowest BCUT2D eigenvalue weighted by Gasteiger charge is -2.22. The second kappa shape index (κ2) is 7.65. The highest BCUT2D eigenvalue weighted by Crippen LogP contribution is 2.17. The molecule has 0 fully saturated rings. The van der Waals surface area contributed by atoms with Crippen molar-refractivity contribution in [2.24, 2.45) is 11.7 Å². The lowest BCUT2D eigenvalue weighted by atomic mass is 10.0. The predicted octanol–water partition coefficient (Wildman–Crippen LogP) is 2.74. The number of carbonyl (C=O) groups excluding carboxylic acids is 1. The Bertz CT molecular complexity index is 430. The molecule has 0 saturated carbocycles. The number of hydrogen-bond acceptors (Lipinski definition) is 2. The molecule has 0 aliphatic carbocycles. The molecule has 0 aliphatic heterocycles. The Morgan fingerprint density at radius 1 is 1.47 bits per heavy atom. The maximum Gasteiger partial charge on any atom is 0.226 e. The molecule has 1 aromatic rings. The largest absolute Gasteiger partial charge is 0.345 e. The summed E-state index contributed by atoms with van der Waals surface area (Å²) in [6, 6.07) is 6.25. The number of benzene rings is 1. The van der Waals surface area contributed by atoms with Crippen LogP contribution in [0, 0.1) is 12.8 Å². The summed E-state index contributed by atoms with van der Waals surface area (Å²) in [5.74, 6) is 0.103. The predicted molar refractivity (Wildman–Crippen MR) is 83.1 cm³/mol. The molecule has 1 atom stereocenters. The van der Waals surface area contributed by atoms with Gasteiger partial charge in [0.05, 0.1) is 5.92 Å². The third-order valence-corrected chi connectivity index (χ3v) is 4.02. The number of rotatable bonds is 6. The quantitative estimate of drug-likeness (QED) is 0.873. The monoisotopic (exact) mass is 326 g/mol. The minimum atomic E-state index is -0.0476. The van der Waals surface area contributed by atoms with E-state index in [1.54, 1.807) is 4.90 Å². The number of nitrogens with two attached hydrogens (primary N) is 1. The lowest BCUT2D eigenvalue weighted by Crippen LogP contribution is -2.37. The number of amides is 1. The van der Waals surface area contributed by atoms with Crippen LogP contribution in [0.5, 0.6) is 0 Å². The van der Waals surface area contributed by atoms with Gasteiger partial charge in [-0.3, -0.25) is 4.79 Å². The van der Waals surface area contributed by atoms with Crippen molar-refractivity contribution >= 4 is 21.8 Å². The number of carbonyl (C=O) groups is 1. The highest BCUT2D eigenvalue weighted by molar-refractivity contribution is 9.10. The number of hydrogen-bond donors (Lipinski definition) is 1. The van der Waals surface area contributed by atoms with Crippen molar-refractivity contribution in [1.82, 2.24) is 4.90 Å². The zero-order valence-corrected chi connectivity index (χ0v) is 13.5. The van der Waals surface area contributed by atoms with Crippen LogP contribution in [0.1, 0.15) is 24.5 Å². The van der Waals surface area contributed by atoms with Gasteiger partial charge in [-0.2, -0.15) is 0 Å². The van der Waals surface area contributed by atoms with Gasteiger partial charge in [0.25, 0.3) is 0 Å². The molecule has 106 valence electrons. The molecule has 4 heteroatoms. The molecule has 0 bridgehead atoms. The fourth-order valence-electron chi connectivity index (χ4n) is 2.06. The first-order chi connectivity index (χ1) is 8.99. The summed E-state index contributed by atoms with van der Waals surface area (Å²) in [6.07, 6.45) is 1.67. The van der Waals surface area contributed by atoms with Crippen LogP contribution in [0.4, 0.5) is 0 Å². The van der Waals surface area contributed by atoms with Crippen molar-refractivity contribution in [2.45, 2.75) is 26.7 Å². The summed E-state index contributed by atoms with van der Waals surface area (Å²) >= 11 is 3.48. The van der Waals surface area contributed by atoms with Crippen LogP contribution in [0.3, 0.4) is 0 Å². The van der Waals surface area contributed by atoms with E-state index >= 15 is 0 Å². The molecule has 19 heavy (non-hydrogen) atoms. The summed E-state index contributed by atoms with van der Waals surface area (Å²) < 4.78 is 1.08. The van der Waals surface area contributed by atoms with Crippen LogP contribution < -0.4 is 5.73 Å². The van der Waals surface area contributed by atoms with Crippen LogP contribution in [0.2, 0.25) is 0 Å². The number of aryl methyl sites for hydroxylation is 1. The molecular weight excluding hydrogens is 304 g/mol. The topological polar surface area (TPSA) is 46.3 Å². The van der Waals surface area contributed by atoms with Crippen molar-refractivity contribution in [2.75, 3.05) is 20.1 Å². The van der Waals surface area contributed by atoms with Gasteiger partial charge in [-0.1, -0.05) is 28.9 Å². The van der Waals surface area contributed by atoms with Gasteiger partial charge < -0.3 is 10.6 Å². The van der Waals surface area contributed by atoms with Crippen LogP contribution in [-0.4, -0.2) is 30.9 Å². The molecule has 1 aromatic carbocycles. The standard InChI is InChI=1S/C15H23BrN2O/c1-4-12(10-17)15(19)18(3)8-7-13-9-14(16)6-5-11(13)2/h5-6,9,12H,4,7-8,10,17H2,1-3H3. The smallest absolute Gasteiger partial charge is 0.226 e. The summed E-state index contributed by atoms with van der Waals surface area (Å²) in [5.41, 5.74) is 8.15. The maximum atomic E-state index is 12.1. The van der Waals surface area contributed by atoms with E-state index in [4.69, 9.17) is 5.73 Å². The summed E-state index contributed by atoms with van der Waals surface area (Å²) in [6.45, 7) is 5.25. The van der Waals surface area contributed by atoms with E-state index in [0.29, 0.717) is 6.54 Å². The van der Waals surface area contributed by atoms with Gasteiger partial charge in [0.15, 0.2) is 0 Å². The van der Waals surface area contributed by atoms with Crippen molar-refractivity contribution in [3.05, 3.63) is 33.8 Å². The Kier molecular flexibility index (Phi) is 6.52. The van der Waals surface area contributed by atoms with E-state index in [2.05, 4.69) is 35.0 Å². The second-order valence-electron chi connectivity index (χ2n) is 4.92. The van der Waals surface area contributed by atoms with E-state index < -0.39 is 0 Å². The Hall–Kier alpha value is -0.870. The van der Waals surface area contributed by atoms with Crippen LogP contribution in [-0.2, 0) is 11.2 Å². The van der Waals surface area contributed by atoms with Crippen molar-refractivity contribution in [3.8, 4) is 0 Å². The van der Waals surface area contributed by atoms with Gasteiger partial charge in [-0.05, 0) is 43.0 Å². The molecule has 0 aromatic heterocycles. The van der Waals surface area contributed by atoms with E-state index in [-0.39, 0.29) is 11.8 Å². The first kappa shape index (κ1) is 16.2. The molecule has 0 spiro atoms. The van der Waals surface area contributed by atoms with Crippen LogP contribution in [0.25, 0.3) is 0 Å². The second-order valence-corrected chi connectivity index (χ2v) is 5.84. The van der Waals surface area contributed by atoms with Crippen molar-refractivity contribution in [3.63, 3.8) is 0 Å². The molecule has 1 amide bonds. The fourth-order valence-corrected chi connectivity index (χ4v) is 2.47. The zero-order valence-electron chi connectivity index (χ0n) is 11.9. The molecule has 1 unspecified atom stereocenters. The first-order valence-electron chi connectivity index (χ1n) is 6.69. The van der Waals surface area contributed by atoms with E-state index in [0.717, 1.165) is 23.9 Å². The number of likely N-dealkylation sites (N-methyl/N-ethyl adjacent to an activating group) is 1. The van der Waals surface area contributed by atoms with Crippen molar-refractivity contribution in [1.29, 1.82) is 0 Å². The normalized spacial score (nSPS) is 12.3. The Labute approximate surface area is 124 Å². The minimum absolute atomic E-state index is 0.0476. The Morgan fingerprint density at radius 2 is 2.16 bits per heavy atom. The van der Waals surface area contributed by atoms with Crippen LogP contribution in [0.15, 0.2) is 22.7 Å². The van der Waals surface area contributed by atoms with Crippen LogP contribution >= 0.6 is 15.9 Å². The van der Waals surface area contributed by atoms with Crippen molar-refractivity contribution < 1.29 is 4.79 Å². The highest BCUT2D eigenvalue weighted by atomic mass is 79.9. The third-order valence-electron chi connectivity index (χ3n) is 3.53. The van der Waals surface area contributed by atoms with Gasteiger partial charge in [0, 0.05) is 24.6 Å². The number of halogens is 1. The molecule has 0 heterocycles. The van der Waals surface area contributed by atoms with Gasteiger partial charge >= 0.3 is 0 Å². The molecule has 0 saturated heterocycles. The fraction of sp³-hybridized carbons (Fsp3) is 0.533. The Morgan fingerprint density at radius 3 is 2.74 bits per heavy atom. The summed E-state index contributed by atoms with van der Waals surface area (Å²) in [7, 11) is 1.86. The third kappa shape index (κ3) is 4.62.